The minimum atomic E-state index is -1.19. The van der Waals surface area contributed by atoms with Gasteiger partial charge in [0.15, 0.2) is 0 Å². The molecule has 0 aliphatic heterocycles. The fraction of sp³-hybridized carbons (Fsp3) is 0.833. The predicted octanol–water partition coefficient (Wildman–Crippen LogP) is 2.07. The van der Waals surface area contributed by atoms with Crippen molar-refractivity contribution in [2.45, 2.75) is 59.0 Å². The molecule has 0 heterocycles. The number of carboxylic acid groups (broad SMARTS) is 1. The van der Waals surface area contributed by atoms with E-state index in [0.717, 1.165) is 12.8 Å². The first-order chi connectivity index (χ1) is 7.81. The third-order valence-corrected chi connectivity index (χ3v) is 3.07. The maximum absolute atomic E-state index is 12.0. The van der Waals surface area contributed by atoms with Crippen molar-refractivity contribution in [2.24, 2.45) is 0 Å². The number of likely N-dealkylation sites (N-methyl/N-ethyl adjacent to an activating group) is 1. The monoisotopic (exact) mass is 244 g/mol. The molecular formula is C12H24N2O3. The third kappa shape index (κ3) is 3.91. The molecule has 5 nitrogen and oxygen atoms in total. The largest absolute Gasteiger partial charge is 0.480 e. The quantitative estimate of drug-likeness (QED) is 0.751. The molecule has 0 bridgehead atoms. The zero-order valence-corrected chi connectivity index (χ0v) is 11.4. The van der Waals surface area contributed by atoms with E-state index in [1.54, 1.807) is 6.92 Å². The second-order valence-corrected chi connectivity index (χ2v) is 4.57. The van der Waals surface area contributed by atoms with Gasteiger partial charge in [-0.15, -0.1) is 0 Å². The van der Waals surface area contributed by atoms with Crippen LogP contribution in [0.1, 0.15) is 47.5 Å². The summed E-state index contributed by atoms with van der Waals surface area (Å²) >= 11 is 0. The maximum Gasteiger partial charge on any atom is 0.329 e. The highest BCUT2D eigenvalue weighted by Gasteiger charge is 2.37. The van der Waals surface area contributed by atoms with E-state index in [1.165, 1.54) is 18.7 Å². The van der Waals surface area contributed by atoms with Crippen molar-refractivity contribution in [1.29, 1.82) is 0 Å². The van der Waals surface area contributed by atoms with Gasteiger partial charge in [-0.1, -0.05) is 13.8 Å². The molecule has 17 heavy (non-hydrogen) atoms. The lowest BCUT2D eigenvalue weighted by Crippen LogP contribution is -2.57. The molecule has 0 aliphatic carbocycles. The van der Waals surface area contributed by atoms with Gasteiger partial charge < -0.3 is 15.3 Å². The van der Waals surface area contributed by atoms with Crippen LogP contribution in [-0.2, 0) is 4.79 Å². The number of nitrogens with zero attached hydrogens (tertiary/aromatic N) is 1. The van der Waals surface area contributed by atoms with Gasteiger partial charge in [0.25, 0.3) is 0 Å². The van der Waals surface area contributed by atoms with Crippen molar-refractivity contribution in [2.75, 3.05) is 6.54 Å². The molecule has 0 aliphatic rings. The van der Waals surface area contributed by atoms with Crippen LogP contribution in [0.3, 0.4) is 0 Å². The first kappa shape index (κ1) is 15.7. The van der Waals surface area contributed by atoms with Crippen LogP contribution in [0.25, 0.3) is 0 Å². The Morgan fingerprint density at radius 2 is 1.71 bits per heavy atom. The fourth-order valence-electron chi connectivity index (χ4n) is 1.65. The number of rotatable bonds is 6. The number of carbonyl (C=O) groups excluding carboxylic acids is 1. The second-order valence-electron chi connectivity index (χ2n) is 4.57. The maximum atomic E-state index is 12.0. The van der Waals surface area contributed by atoms with Crippen molar-refractivity contribution in [3.63, 3.8) is 0 Å². The topological polar surface area (TPSA) is 69.6 Å². The van der Waals surface area contributed by atoms with Gasteiger partial charge in [-0.05, 0) is 33.6 Å². The van der Waals surface area contributed by atoms with Crippen molar-refractivity contribution in [1.82, 2.24) is 10.2 Å². The molecule has 0 atom stereocenters. The summed E-state index contributed by atoms with van der Waals surface area (Å²) in [6.07, 6.45) is 1.68. The Hall–Kier alpha value is -1.26. The Morgan fingerprint density at radius 3 is 2.00 bits per heavy atom. The molecule has 0 saturated carbocycles. The Kier molecular flexibility index (Phi) is 5.99. The molecule has 0 aromatic heterocycles. The second kappa shape index (κ2) is 6.47. The molecule has 0 fully saturated rings. The van der Waals surface area contributed by atoms with Crippen LogP contribution in [0, 0.1) is 0 Å². The number of carboxylic acids is 1. The van der Waals surface area contributed by atoms with E-state index in [9.17, 15) is 9.59 Å². The zero-order chi connectivity index (χ0) is 13.6. The summed E-state index contributed by atoms with van der Waals surface area (Å²) in [5.74, 6) is -1.00. The van der Waals surface area contributed by atoms with Crippen molar-refractivity contribution < 1.29 is 14.7 Å². The third-order valence-electron chi connectivity index (χ3n) is 3.07. The number of hydrogen-bond donors (Lipinski definition) is 2. The van der Waals surface area contributed by atoms with Crippen LogP contribution < -0.4 is 5.32 Å². The molecule has 0 rings (SSSR count). The molecule has 5 heteroatoms. The number of amides is 2. The number of urea groups is 1. The standard InChI is InChI=1S/C12H24N2O3/c1-6-9(7-2)13-11(17)14(8-3)12(4,5)10(15)16/h9H,6-8H2,1-5H3,(H,13,17)(H,15,16). The Balaban J connectivity index is 4.78. The van der Waals surface area contributed by atoms with Crippen LogP contribution in [0.4, 0.5) is 4.79 Å². The number of hydrogen-bond acceptors (Lipinski definition) is 2. The highest BCUT2D eigenvalue weighted by molar-refractivity contribution is 5.85. The van der Waals surface area contributed by atoms with E-state index >= 15 is 0 Å². The zero-order valence-electron chi connectivity index (χ0n) is 11.4. The van der Waals surface area contributed by atoms with Crippen molar-refractivity contribution in [3.05, 3.63) is 0 Å². The molecule has 0 aromatic carbocycles. The molecule has 0 radical (unpaired) electrons. The smallest absolute Gasteiger partial charge is 0.329 e. The number of carbonyl (C=O) groups is 2. The van der Waals surface area contributed by atoms with E-state index in [0.29, 0.717) is 6.54 Å². The lowest BCUT2D eigenvalue weighted by Gasteiger charge is -2.35. The first-order valence-corrected chi connectivity index (χ1v) is 6.12. The van der Waals surface area contributed by atoms with Gasteiger partial charge in [-0.3, -0.25) is 0 Å². The highest BCUT2D eigenvalue weighted by Crippen LogP contribution is 2.15. The van der Waals surface area contributed by atoms with Crippen LogP contribution in [0.5, 0.6) is 0 Å². The van der Waals surface area contributed by atoms with Gasteiger partial charge in [0.1, 0.15) is 5.54 Å². The van der Waals surface area contributed by atoms with Crippen LogP contribution in [-0.4, -0.2) is 40.1 Å². The molecular weight excluding hydrogens is 220 g/mol. The van der Waals surface area contributed by atoms with Gasteiger partial charge in [-0.2, -0.15) is 0 Å². The van der Waals surface area contributed by atoms with Crippen LogP contribution >= 0.6 is 0 Å². The molecule has 2 amide bonds. The van der Waals surface area contributed by atoms with E-state index in [2.05, 4.69) is 5.32 Å². The van der Waals surface area contributed by atoms with Gasteiger partial charge in [0, 0.05) is 12.6 Å². The van der Waals surface area contributed by atoms with E-state index in [-0.39, 0.29) is 12.1 Å². The van der Waals surface area contributed by atoms with Gasteiger partial charge >= 0.3 is 12.0 Å². The first-order valence-electron chi connectivity index (χ1n) is 6.12. The lowest BCUT2D eigenvalue weighted by atomic mass is 10.0. The molecule has 100 valence electrons. The molecule has 0 unspecified atom stereocenters. The minimum Gasteiger partial charge on any atom is -0.480 e. The normalized spacial score (nSPS) is 11.4. The summed E-state index contributed by atoms with van der Waals surface area (Å²) in [5, 5.41) is 12.0. The summed E-state index contributed by atoms with van der Waals surface area (Å²) in [6, 6.07) is -0.213. The SMILES string of the molecule is CCC(CC)NC(=O)N(CC)C(C)(C)C(=O)O. The lowest BCUT2D eigenvalue weighted by molar-refractivity contribution is -0.147. The molecule has 0 aromatic rings. The predicted molar refractivity (Wildman–Crippen MR) is 67.0 cm³/mol. The van der Waals surface area contributed by atoms with Gasteiger partial charge in [0.05, 0.1) is 0 Å². The van der Waals surface area contributed by atoms with E-state index < -0.39 is 11.5 Å². The molecule has 2 N–H and O–H groups in total. The minimum absolute atomic E-state index is 0.0983. The average Bonchev–Trinajstić information content (AvgIpc) is 2.26. The Labute approximate surface area is 103 Å². The van der Waals surface area contributed by atoms with E-state index in [1.807, 2.05) is 13.8 Å². The number of nitrogens with one attached hydrogen (secondary N) is 1. The average molecular weight is 244 g/mol. The summed E-state index contributed by atoms with van der Waals surface area (Å²) in [5.41, 5.74) is -1.19. The Morgan fingerprint density at radius 1 is 1.24 bits per heavy atom. The fourth-order valence-corrected chi connectivity index (χ4v) is 1.65. The van der Waals surface area contributed by atoms with Gasteiger partial charge in [-0.25, -0.2) is 9.59 Å². The highest BCUT2D eigenvalue weighted by atomic mass is 16.4. The number of aliphatic carboxylic acids is 1. The summed E-state index contributed by atoms with van der Waals surface area (Å²) in [7, 11) is 0. The summed E-state index contributed by atoms with van der Waals surface area (Å²) < 4.78 is 0. The van der Waals surface area contributed by atoms with Crippen molar-refractivity contribution in [3.8, 4) is 0 Å². The van der Waals surface area contributed by atoms with E-state index in [4.69, 9.17) is 5.11 Å². The molecule has 0 spiro atoms. The van der Waals surface area contributed by atoms with Crippen molar-refractivity contribution >= 4 is 12.0 Å². The summed E-state index contributed by atoms with van der Waals surface area (Å²) in [4.78, 5) is 24.5. The van der Waals surface area contributed by atoms with Crippen LogP contribution in [0.15, 0.2) is 0 Å². The Bertz CT molecular complexity index is 273. The van der Waals surface area contributed by atoms with Crippen LogP contribution in [0.2, 0.25) is 0 Å². The molecule has 0 saturated heterocycles. The summed E-state index contributed by atoms with van der Waals surface area (Å²) in [6.45, 7) is 9.19. The van der Waals surface area contributed by atoms with Gasteiger partial charge in [0.2, 0.25) is 0 Å².